The van der Waals surface area contributed by atoms with E-state index in [0.29, 0.717) is 31.2 Å². The van der Waals surface area contributed by atoms with Crippen molar-refractivity contribution in [1.29, 1.82) is 0 Å². The van der Waals surface area contributed by atoms with Gasteiger partial charge in [-0.3, -0.25) is 9.35 Å². The van der Waals surface area contributed by atoms with Gasteiger partial charge in [0.1, 0.15) is 42.0 Å². The molecule has 0 aromatic heterocycles. The van der Waals surface area contributed by atoms with E-state index in [1.165, 1.54) is 0 Å². The normalized spacial score (nSPS) is 19.2. The number of rotatable bonds is 9. The van der Waals surface area contributed by atoms with Crippen LogP contribution in [-0.4, -0.2) is 66.9 Å². The molecule has 0 amide bonds. The first-order valence-corrected chi connectivity index (χ1v) is 12.3. The second-order valence-corrected chi connectivity index (χ2v) is 9.26. The van der Waals surface area contributed by atoms with Gasteiger partial charge in [0.05, 0.1) is 11.5 Å². The molecule has 1 aromatic rings. The third-order valence-electron chi connectivity index (χ3n) is 5.58. The Morgan fingerprint density at radius 1 is 1.10 bits per heavy atom. The van der Waals surface area contributed by atoms with Crippen molar-refractivity contribution >= 4 is 45.6 Å². The van der Waals surface area contributed by atoms with Crippen molar-refractivity contribution in [2.45, 2.75) is 50.7 Å². The van der Waals surface area contributed by atoms with E-state index < -0.39 is 27.8 Å². The van der Waals surface area contributed by atoms with Gasteiger partial charge in [-0.1, -0.05) is 36.2 Å². The van der Waals surface area contributed by atoms with Gasteiger partial charge in [-0.2, -0.15) is 8.42 Å². The Hall–Kier alpha value is -1.74. The highest BCUT2D eigenvalue weighted by atomic mass is 32.2. The molecule has 0 aliphatic heterocycles. The predicted molar refractivity (Wildman–Crippen MR) is 122 cm³/mol. The van der Waals surface area contributed by atoms with Crippen LogP contribution >= 0.6 is 0 Å². The molecule has 1 aromatic carbocycles. The first-order valence-electron chi connectivity index (χ1n) is 10.7. The zero-order valence-corrected chi connectivity index (χ0v) is 18.8. The van der Waals surface area contributed by atoms with E-state index >= 15 is 0 Å². The van der Waals surface area contributed by atoms with E-state index in [4.69, 9.17) is 14.0 Å². The van der Waals surface area contributed by atoms with Crippen LogP contribution < -0.4 is 0 Å². The maximum Gasteiger partial charge on any atom is 0.338 e. The van der Waals surface area contributed by atoms with Gasteiger partial charge in [-0.05, 0) is 37.3 Å². The van der Waals surface area contributed by atoms with Crippen molar-refractivity contribution in [3.63, 3.8) is 0 Å². The lowest BCUT2D eigenvalue weighted by molar-refractivity contribution is -0.150. The van der Waals surface area contributed by atoms with Crippen LogP contribution in [-0.2, 0) is 43.3 Å². The molecule has 11 heteroatoms. The van der Waals surface area contributed by atoms with Gasteiger partial charge in [-0.15, -0.1) is 0 Å². The molecule has 2 rings (SSSR count). The van der Waals surface area contributed by atoms with E-state index in [9.17, 15) is 18.0 Å². The Kier molecular flexibility index (Phi) is 9.03. The summed E-state index contributed by atoms with van der Waals surface area (Å²) in [6.07, 6.45) is 4.38. The molecule has 1 aliphatic carbocycles. The van der Waals surface area contributed by atoms with E-state index in [2.05, 4.69) is 21.8 Å². The molecule has 1 aliphatic rings. The standard InChI is InChI=1S/C19H29B3O7S/c20-9-12-6-14(10-21)17(11-22)16(7-12)19(24)29-15-3-1-2-13(8-15)18(23)28-4-5-30(25,26)27/h6-7,13,15H,1-5,8-11,20-22H2,(H,25,26,27). The predicted octanol–water partition coefficient (Wildman–Crippen LogP) is -0.767. The molecule has 0 radical (unpaired) electrons. The molecule has 30 heavy (non-hydrogen) atoms. The Balaban J connectivity index is 2.04. The first-order chi connectivity index (χ1) is 14.2. The number of benzene rings is 1. The topological polar surface area (TPSA) is 107 Å². The summed E-state index contributed by atoms with van der Waals surface area (Å²) in [5.74, 6) is -1.95. The Bertz CT molecular complexity index is 873. The van der Waals surface area contributed by atoms with Gasteiger partial charge in [0.25, 0.3) is 10.1 Å². The SMILES string of the molecule is BCc1cc(CB)c(CB)c(C(=O)OC2CCCC(C(=O)OCCS(=O)(=O)O)C2)c1. The highest BCUT2D eigenvalue weighted by Gasteiger charge is 2.31. The maximum absolute atomic E-state index is 13.0. The van der Waals surface area contributed by atoms with Crippen molar-refractivity contribution in [2.75, 3.05) is 12.4 Å². The van der Waals surface area contributed by atoms with Crippen LogP contribution in [0.1, 0.15) is 52.7 Å². The highest BCUT2D eigenvalue weighted by molar-refractivity contribution is 7.85. The van der Waals surface area contributed by atoms with Crippen molar-refractivity contribution in [1.82, 2.24) is 0 Å². The summed E-state index contributed by atoms with van der Waals surface area (Å²) in [5, 5.41) is 0. The van der Waals surface area contributed by atoms with Crippen LogP contribution in [0.25, 0.3) is 0 Å². The lowest BCUT2D eigenvalue weighted by atomic mass is 9.81. The molecule has 1 saturated carbocycles. The number of carbonyl (C=O) groups is 2. The molecular formula is C19H29B3O7S. The number of carbonyl (C=O) groups excluding carboxylic acids is 2. The summed E-state index contributed by atoms with van der Waals surface area (Å²) < 4.78 is 41.0. The van der Waals surface area contributed by atoms with Gasteiger partial charge in [0, 0.05) is 0 Å². The smallest absolute Gasteiger partial charge is 0.338 e. The van der Waals surface area contributed by atoms with Crippen LogP contribution in [0.3, 0.4) is 0 Å². The Morgan fingerprint density at radius 2 is 1.83 bits per heavy atom. The molecule has 162 valence electrons. The number of esters is 2. The summed E-state index contributed by atoms with van der Waals surface area (Å²) in [5.41, 5.74) is 3.87. The van der Waals surface area contributed by atoms with E-state index in [1.807, 2.05) is 13.9 Å². The van der Waals surface area contributed by atoms with E-state index in [1.54, 1.807) is 0 Å². The summed E-state index contributed by atoms with van der Waals surface area (Å²) >= 11 is 0. The molecule has 2 atom stereocenters. The molecule has 0 saturated heterocycles. The third-order valence-corrected chi connectivity index (χ3v) is 6.27. The van der Waals surface area contributed by atoms with Crippen LogP contribution in [0.5, 0.6) is 0 Å². The fraction of sp³-hybridized carbons (Fsp3) is 0.579. The van der Waals surface area contributed by atoms with Crippen molar-refractivity contribution in [3.8, 4) is 0 Å². The zero-order chi connectivity index (χ0) is 22.3. The van der Waals surface area contributed by atoms with Crippen LogP contribution in [0.15, 0.2) is 12.1 Å². The second-order valence-electron chi connectivity index (χ2n) is 7.69. The molecular weight excluding hydrogens is 405 g/mol. The maximum atomic E-state index is 13.0. The van der Waals surface area contributed by atoms with Crippen LogP contribution in [0.2, 0.25) is 0 Å². The molecule has 1 N–H and O–H groups in total. The summed E-state index contributed by atoms with van der Waals surface area (Å²) in [7, 11) is 1.97. The minimum Gasteiger partial charge on any atom is -0.464 e. The van der Waals surface area contributed by atoms with E-state index in [0.717, 1.165) is 35.7 Å². The monoisotopic (exact) mass is 434 g/mol. The third kappa shape index (κ3) is 6.91. The van der Waals surface area contributed by atoms with Gasteiger partial charge >= 0.3 is 11.9 Å². The fourth-order valence-corrected chi connectivity index (χ4v) is 4.26. The minimum atomic E-state index is -4.17. The highest BCUT2D eigenvalue weighted by Crippen LogP contribution is 2.29. The Morgan fingerprint density at radius 3 is 2.43 bits per heavy atom. The van der Waals surface area contributed by atoms with Gasteiger partial charge in [0.2, 0.25) is 0 Å². The quantitative estimate of drug-likeness (QED) is 0.309. The molecule has 0 heterocycles. The zero-order valence-electron chi connectivity index (χ0n) is 18.0. The number of ether oxygens (including phenoxy) is 2. The number of hydrogen-bond donors (Lipinski definition) is 1. The first kappa shape index (κ1) is 24.5. The lowest BCUT2D eigenvalue weighted by Gasteiger charge is -2.28. The minimum absolute atomic E-state index is 0.353. The summed E-state index contributed by atoms with van der Waals surface area (Å²) in [4.78, 5) is 25.2. The van der Waals surface area contributed by atoms with Crippen LogP contribution in [0.4, 0.5) is 0 Å². The molecule has 1 fully saturated rings. The number of hydrogen-bond acceptors (Lipinski definition) is 6. The average Bonchev–Trinajstić information content (AvgIpc) is 2.71. The van der Waals surface area contributed by atoms with Crippen molar-refractivity contribution < 1.29 is 32.0 Å². The van der Waals surface area contributed by atoms with Crippen molar-refractivity contribution in [2.24, 2.45) is 5.92 Å². The van der Waals surface area contributed by atoms with Crippen LogP contribution in [0, 0.1) is 5.92 Å². The average molecular weight is 434 g/mol. The van der Waals surface area contributed by atoms with Crippen molar-refractivity contribution in [3.05, 3.63) is 34.4 Å². The molecule has 0 spiro atoms. The molecule has 7 nitrogen and oxygen atoms in total. The molecule has 0 bridgehead atoms. The van der Waals surface area contributed by atoms with Gasteiger partial charge in [-0.25, -0.2) is 4.79 Å². The lowest BCUT2D eigenvalue weighted by Crippen LogP contribution is -2.31. The summed E-state index contributed by atoms with van der Waals surface area (Å²) in [6.45, 7) is -0.387. The second kappa shape index (κ2) is 11.0. The Labute approximate surface area is 181 Å². The van der Waals surface area contributed by atoms with Gasteiger partial charge < -0.3 is 9.47 Å². The summed E-state index contributed by atoms with van der Waals surface area (Å²) in [6, 6.07) is 4.05. The van der Waals surface area contributed by atoms with E-state index in [-0.39, 0.29) is 18.7 Å². The molecule has 2 unspecified atom stereocenters. The van der Waals surface area contributed by atoms with Gasteiger partial charge in [0.15, 0.2) is 0 Å². The largest absolute Gasteiger partial charge is 0.464 e. The fourth-order valence-electron chi connectivity index (χ4n) is 3.96.